The second-order valence-electron chi connectivity index (χ2n) is 4.78. The molecule has 112 valence electrons. The molecule has 0 saturated carbocycles. The van der Waals surface area contributed by atoms with Gasteiger partial charge in [-0.1, -0.05) is 0 Å². The van der Waals surface area contributed by atoms with Crippen molar-refractivity contribution in [3.8, 4) is 0 Å². The summed E-state index contributed by atoms with van der Waals surface area (Å²) in [6.07, 6.45) is 0.751. The van der Waals surface area contributed by atoms with Crippen LogP contribution < -0.4 is 5.73 Å². The fourth-order valence-corrected chi connectivity index (χ4v) is 4.81. The molecule has 0 spiro atoms. The largest absolute Gasteiger partial charge is 0.396 e. The molecule has 1 saturated heterocycles. The van der Waals surface area contributed by atoms with E-state index in [-0.39, 0.29) is 21.0 Å². The van der Waals surface area contributed by atoms with Crippen LogP contribution in [-0.2, 0) is 14.8 Å². The van der Waals surface area contributed by atoms with Gasteiger partial charge < -0.3 is 10.5 Å². The highest BCUT2D eigenvalue weighted by molar-refractivity contribution is 9.10. The van der Waals surface area contributed by atoms with Crippen LogP contribution in [-0.4, -0.2) is 39.5 Å². The van der Waals surface area contributed by atoms with E-state index in [9.17, 15) is 12.8 Å². The number of nitrogens with zero attached hydrogens (tertiary/aromatic N) is 1. The number of ether oxygens (including phenoxy) is 1. The van der Waals surface area contributed by atoms with E-state index in [1.807, 2.05) is 0 Å². The highest BCUT2D eigenvalue weighted by Crippen LogP contribution is 2.31. The van der Waals surface area contributed by atoms with Gasteiger partial charge in [0.05, 0.1) is 17.2 Å². The average Bonchev–Trinajstić information content (AvgIpc) is 2.83. The van der Waals surface area contributed by atoms with Crippen LogP contribution in [0.5, 0.6) is 0 Å². The zero-order chi connectivity index (χ0) is 14.9. The highest BCUT2D eigenvalue weighted by Gasteiger charge is 2.34. The van der Waals surface area contributed by atoms with E-state index in [1.165, 1.54) is 4.31 Å². The SMILES string of the molecule is COCC1CCN(S(=O)(=O)c2cc(N)c(F)cc2Br)C1. The van der Waals surface area contributed by atoms with Crippen LogP contribution in [0.4, 0.5) is 10.1 Å². The molecular formula is C12H16BrFN2O3S. The Morgan fingerprint density at radius 2 is 2.25 bits per heavy atom. The number of sulfonamides is 1. The van der Waals surface area contributed by atoms with Crippen LogP contribution in [0.15, 0.2) is 21.5 Å². The molecule has 1 aromatic carbocycles. The molecular weight excluding hydrogens is 351 g/mol. The van der Waals surface area contributed by atoms with Gasteiger partial charge in [-0.25, -0.2) is 12.8 Å². The number of rotatable bonds is 4. The number of methoxy groups -OCH3 is 1. The summed E-state index contributed by atoms with van der Waals surface area (Å²) in [6.45, 7) is 1.36. The highest BCUT2D eigenvalue weighted by atomic mass is 79.9. The van der Waals surface area contributed by atoms with Crippen molar-refractivity contribution in [2.24, 2.45) is 5.92 Å². The first-order valence-corrected chi connectivity index (χ1v) is 8.33. The third-order valence-electron chi connectivity index (χ3n) is 3.32. The summed E-state index contributed by atoms with van der Waals surface area (Å²) >= 11 is 3.08. The Balaban J connectivity index is 2.30. The molecule has 0 radical (unpaired) electrons. The zero-order valence-corrected chi connectivity index (χ0v) is 13.4. The molecule has 1 unspecified atom stereocenters. The maximum absolute atomic E-state index is 13.3. The van der Waals surface area contributed by atoms with Crippen molar-refractivity contribution in [3.05, 3.63) is 22.4 Å². The summed E-state index contributed by atoms with van der Waals surface area (Å²) in [7, 11) is -2.08. The number of hydrogen-bond acceptors (Lipinski definition) is 4. The first-order chi connectivity index (χ1) is 9.36. The van der Waals surface area contributed by atoms with Crippen LogP contribution in [0.2, 0.25) is 0 Å². The van der Waals surface area contributed by atoms with Crippen molar-refractivity contribution in [3.63, 3.8) is 0 Å². The van der Waals surface area contributed by atoms with Gasteiger partial charge in [-0.3, -0.25) is 0 Å². The normalized spacial score (nSPS) is 20.4. The smallest absolute Gasteiger partial charge is 0.244 e. The van der Waals surface area contributed by atoms with Gasteiger partial charge in [-0.15, -0.1) is 0 Å². The number of halogens is 2. The van der Waals surface area contributed by atoms with E-state index < -0.39 is 15.8 Å². The minimum atomic E-state index is -3.68. The van der Waals surface area contributed by atoms with E-state index in [0.717, 1.165) is 18.6 Å². The second-order valence-corrected chi connectivity index (χ2v) is 7.54. The summed E-state index contributed by atoms with van der Waals surface area (Å²) in [5, 5.41) is 0. The number of hydrogen-bond donors (Lipinski definition) is 1. The molecule has 1 aromatic rings. The Bertz CT molecular complexity index is 609. The molecule has 0 aromatic heterocycles. The molecule has 1 aliphatic heterocycles. The quantitative estimate of drug-likeness (QED) is 0.825. The molecule has 1 atom stereocenters. The molecule has 20 heavy (non-hydrogen) atoms. The number of nitrogen functional groups attached to an aromatic ring is 1. The van der Waals surface area contributed by atoms with Gasteiger partial charge >= 0.3 is 0 Å². The van der Waals surface area contributed by atoms with E-state index in [0.29, 0.717) is 19.7 Å². The van der Waals surface area contributed by atoms with Crippen LogP contribution in [0.25, 0.3) is 0 Å². The molecule has 0 bridgehead atoms. The Labute approximate surface area is 126 Å². The van der Waals surface area contributed by atoms with E-state index in [4.69, 9.17) is 10.5 Å². The average molecular weight is 367 g/mol. The van der Waals surface area contributed by atoms with Crippen LogP contribution in [0.3, 0.4) is 0 Å². The van der Waals surface area contributed by atoms with Crippen LogP contribution >= 0.6 is 15.9 Å². The maximum atomic E-state index is 13.3. The summed E-state index contributed by atoms with van der Waals surface area (Å²) in [6, 6.07) is 2.23. The van der Waals surface area contributed by atoms with Crippen molar-refractivity contribution in [1.29, 1.82) is 0 Å². The Kier molecular flexibility index (Phi) is 4.68. The number of benzene rings is 1. The number of nitrogens with two attached hydrogens (primary N) is 1. The summed E-state index contributed by atoms with van der Waals surface area (Å²) in [5.41, 5.74) is 5.28. The first-order valence-electron chi connectivity index (χ1n) is 6.10. The van der Waals surface area contributed by atoms with Gasteiger partial charge in [0.1, 0.15) is 5.82 Å². The molecule has 1 heterocycles. The lowest BCUT2D eigenvalue weighted by atomic mass is 10.1. The van der Waals surface area contributed by atoms with E-state index in [1.54, 1.807) is 7.11 Å². The predicted molar refractivity (Wildman–Crippen MR) is 77.3 cm³/mol. The van der Waals surface area contributed by atoms with Gasteiger partial charge in [-0.2, -0.15) is 4.31 Å². The fourth-order valence-electron chi connectivity index (χ4n) is 2.27. The fraction of sp³-hybridized carbons (Fsp3) is 0.500. The van der Waals surface area contributed by atoms with Crippen molar-refractivity contribution < 1.29 is 17.5 Å². The zero-order valence-electron chi connectivity index (χ0n) is 11.0. The summed E-state index contributed by atoms with van der Waals surface area (Å²) in [5.74, 6) is -0.458. The lowest BCUT2D eigenvalue weighted by molar-refractivity contribution is 0.157. The monoisotopic (exact) mass is 366 g/mol. The molecule has 1 aliphatic rings. The van der Waals surface area contributed by atoms with Crippen molar-refractivity contribution >= 4 is 31.6 Å². The minimum Gasteiger partial charge on any atom is -0.396 e. The molecule has 0 aliphatic carbocycles. The van der Waals surface area contributed by atoms with Gasteiger partial charge in [0, 0.05) is 24.7 Å². The summed E-state index contributed by atoms with van der Waals surface area (Å²) in [4.78, 5) is -0.00512. The third kappa shape index (κ3) is 2.98. The Morgan fingerprint density at radius 3 is 2.90 bits per heavy atom. The molecule has 2 rings (SSSR count). The van der Waals surface area contributed by atoms with Crippen molar-refractivity contribution in [1.82, 2.24) is 4.31 Å². The van der Waals surface area contributed by atoms with Crippen molar-refractivity contribution in [2.45, 2.75) is 11.3 Å². The topological polar surface area (TPSA) is 72.6 Å². The van der Waals surface area contributed by atoms with Gasteiger partial charge in [-0.05, 0) is 40.4 Å². The summed E-state index contributed by atoms with van der Waals surface area (Å²) < 4.78 is 45.0. The molecule has 2 N–H and O–H groups in total. The predicted octanol–water partition coefficient (Wildman–Crippen LogP) is 1.83. The van der Waals surface area contributed by atoms with E-state index >= 15 is 0 Å². The second kappa shape index (κ2) is 5.97. The lowest BCUT2D eigenvalue weighted by Crippen LogP contribution is -2.29. The minimum absolute atomic E-state index is 0.00512. The Morgan fingerprint density at radius 1 is 1.55 bits per heavy atom. The van der Waals surface area contributed by atoms with Crippen LogP contribution in [0, 0.1) is 11.7 Å². The third-order valence-corrected chi connectivity index (χ3v) is 6.14. The van der Waals surface area contributed by atoms with Gasteiger partial charge in [0.25, 0.3) is 0 Å². The lowest BCUT2D eigenvalue weighted by Gasteiger charge is -2.18. The first kappa shape index (κ1) is 15.7. The van der Waals surface area contributed by atoms with E-state index in [2.05, 4.69) is 15.9 Å². The van der Waals surface area contributed by atoms with Gasteiger partial charge in [0.2, 0.25) is 10.0 Å². The standard InChI is InChI=1S/C12H16BrFN2O3S/c1-19-7-8-2-3-16(6-8)20(17,18)12-5-11(15)10(14)4-9(12)13/h4-5,8H,2-3,6-7,15H2,1H3. The van der Waals surface area contributed by atoms with Crippen molar-refractivity contribution in [2.75, 3.05) is 32.5 Å². The molecule has 5 nitrogen and oxygen atoms in total. The van der Waals surface area contributed by atoms with Crippen LogP contribution in [0.1, 0.15) is 6.42 Å². The number of anilines is 1. The molecule has 0 amide bonds. The molecule has 8 heteroatoms. The van der Waals surface area contributed by atoms with Gasteiger partial charge in [0.15, 0.2) is 0 Å². The molecule has 1 fully saturated rings. The maximum Gasteiger partial charge on any atom is 0.244 e. The Hall–Kier alpha value is -0.700.